The van der Waals surface area contributed by atoms with E-state index in [1.807, 2.05) is 48.3 Å². The van der Waals surface area contributed by atoms with Crippen molar-refractivity contribution >= 4 is 40.3 Å². The molecule has 4 heterocycles. The summed E-state index contributed by atoms with van der Waals surface area (Å²) >= 11 is 6.81. The van der Waals surface area contributed by atoms with E-state index in [0.717, 1.165) is 28.8 Å². The van der Waals surface area contributed by atoms with Crippen LogP contribution in [-0.4, -0.2) is 72.8 Å². The fraction of sp³-hybridized carbons (Fsp3) is 0.448. The minimum Gasteiger partial charge on any atom is -0.340 e. The summed E-state index contributed by atoms with van der Waals surface area (Å²) < 4.78 is 39.8. The second kappa shape index (κ2) is 11.6. The molecule has 0 bridgehead atoms. The van der Waals surface area contributed by atoms with Gasteiger partial charge in [-0.1, -0.05) is 24.1 Å². The zero-order valence-corrected chi connectivity index (χ0v) is 23.9. The number of fused-ring (bicyclic) bond motifs is 1. The number of H-pyrrole nitrogens is 1. The van der Waals surface area contributed by atoms with E-state index in [1.165, 1.54) is 24.2 Å². The minimum atomic E-state index is -4.49. The maximum atomic E-state index is 12.6. The number of piperazine rings is 1. The molecule has 1 aliphatic carbocycles. The largest absolute Gasteiger partial charge is 0.397 e. The first-order valence-corrected chi connectivity index (χ1v) is 14.5. The molecule has 9 nitrogen and oxygen atoms in total. The van der Waals surface area contributed by atoms with E-state index < -0.39 is 18.5 Å². The molecule has 1 atom stereocenters. The highest BCUT2D eigenvalue weighted by Gasteiger charge is 2.35. The Hall–Kier alpha value is -3.64. The average molecular weight is 601 g/mol. The van der Waals surface area contributed by atoms with Crippen LogP contribution in [0.1, 0.15) is 44.2 Å². The van der Waals surface area contributed by atoms with E-state index in [2.05, 4.69) is 25.3 Å². The second-order valence-corrected chi connectivity index (χ2v) is 11.5. The number of amides is 1. The lowest BCUT2D eigenvalue weighted by molar-refractivity contribution is -0.162. The molecule has 0 radical (unpaired) electrons. The van der Waals surface area contributed by atoms with E-state index >= 15 is 0 Å². The fourth-order valence-corrected chi connectivity index (χ4v) is 5.93. The maximum absolute atomic E-state index is 12.6. The third-order valence-electron chi connectivity index (χ3n) is 8.29. The number of halogens is 4. The molecule has 1 aromatic carbocycles. The number of rotatable bonds is 8. The Kier molecular flexibility index (Phi) is 7.84. The molecular formula is C29H32ClF3N8O. The van der Waals surface area contributed by atoms with Gasteiger partial charge in [0, 0.05) is 62.3 Å². The van der Waals surface area contributed by atoms with Gasteiger partial charge in [0.1, 0.15) is 17.8 Å². The van der Waals surface area contributed by atoms with Crippen molar-refractivity contribution in [2.75, 3.05) is 31.5 Å². The predicted octanol–water partition coefficient (Wildman–Crippen LogP) is 6.18. The summed E-state index contributed by atoms with van der Waals surface area (Å²) in [4.78, 5) is 27.8. The van der Waals surface area contributed by atoms with E-state index in [4.69, 9.17) is 16.6 Å². The monoisotopic (exact) mass is 600 g/mol. The SMILES string of the molecule is CC(c1ccnc(Nc2nc3c(Cl)c(-c4cnn(CC5CCC5)c4)ccc3[nH]2)c1)N1CCN(C(=O)CC(F)(F)F)CC1. The molecule has 3 aromatic heterocycles. The number of imidazole rings is 1. The standard InChI is InChI=1S/C29H32ClF3N8O/c1-18(39-9-11-40(12-10-39)25(42)14-29(31,32)33)20-7-8-34-24(13-20)37-28-36-23-6-5-22(26(30)27(23)38-28)21-15-35-41(17-21)16-19-3-2-4-19/h5-8,13,15,17-19H,2-4,9-12,14,16H2,1H3,(H2,34,36,37,38). The topological polar surface area (TPSA) is 95.0 Å². The third-order valence-corrected chi connectivity index (χ3v) is 8.67. The van der Waals surface area contributed by atoms with Crippen LogP contribution in [0.2, 0.25) is 5.02 Å². The molecule has 1 aliphatic heterocycles. The summed E-state index contributed by atoms with van der Waals surface area (Å²) in [6, 6.07) is 7.72. The minimum absolute atomic E-state index is 0.0219. The van der Waals surface area contributed by atoms with Gasteiger partial charge >= 0.3 is 6.18 Å². The van der Waals surface area contributed by atoms with E-state index in [1.54, 1.807) is 6.20 Å². The molecule has 222 valence electrons. The van der Waals surface area contributed by atoms with Crippen LogP contribution in [0.3, 0.4) is 0 Å². The number of anilines is 2. The lowest BCUT2D eigenvalue weighted by Gasteiger charge is -2.38. The number of aromatic amines is 1. The average Bonchev–Trinajstić information content (AvgIpc) is 3.57. The van der Waals surface area contributed by atoms with Gasteiger partial charge in [-0.2, -0.15) is 18.3 Å². The van der Waals surface area contributed by atoms with Crippen molar-refractivity contribution in [3.63, 3.8) is 0 Å². The van der Waals surface area contributed by atoms with Gasteiger partial charge < -0.3 is 15.2 Å². The molecule has 1 saturated heterocycles. The van der Waals surface area contributed by atoms with Gasteiger partial charge in [0.25, 0.3) is 0 Å². The summed E-state index contributed by atoms with van der Waals surface area (Å²) in [6.45, 7) is 4.46. The van der Waals surface area contributed by atoms with Crippen LogP contribution in [0.15, 0.2) is 42.9 Å². The van der Waals surface area contributed by atoms with Gasteiger partial charge in [0.05, 0.1) is 16.7 Å². The van der Waals surface area contributed by atoms with Crippen LogP contribution in [0.4, 0.5) is 24.9 Å². The summed E-state index contributed by atoms with van der Waals surface area (Å²) in [7, 11) is 0. The molecule has 0 spiro atoms. The molecule has 2 aliphatic rings. The second-order valence-electron chi connectivity index (χ2n) is 11.1. The number of hydrogen-bond donors (Lipinski definition) is 2. The van der Waals surface area contributed by atoms with Gasteiger partial charge in [0.2, 0.25) is 11.9 Å². The van der Waals surface area contributed by atoms with Crippen LogP contribution in [0.25, 0.3) is 22.2 Å². The lowest BCUT2D eigenvalue weighted by atomic mass is 9.85. The van der Waals surface area contributed by atoms with E-state index in [-0.39, 0.29) is 19.1 Å². The van der Waals surface area contributed by atoms with E-state index in [9.17, 15) is 18.0 Å². The van der Waals surface area contributed by atoms with Crippen molar-refractivity contribution in [2.24, 2.45) is 5.92 Å². The highest BCUT2D eigenvalue weighted by atomic mass is 35.5. The van der Waals surface area contributed by atoms with Crippen LogP contribution in [-0.2, 0) is 11.3 Å². The number of aromatic nitrogens is 5. The quantitative estimate of drug-likeness (QED) is 0.251. The highest BCUT2D eigenvalue weighted by Crippen LogP contribution is 2.35. The number of nitrogens with one attached hydrogen (secondary N) is 2. The van der Waals surface area contributed by atoms with Gasteiger partial charge in [-0.25, -0.2) is 9.97 Å². The molecular weight excluding hydrogens is 569 g/mol. The first-order chi connectivity index (χ1) is 20.1. The smallest absolute Gasteiger partial charge is 0.340 e. The Bertz CT molecular complexity index is 1570. The number of carbonyl (C=O) groups is 1. The van der Waals surface area contributed by atoms with Crippen molar-refractivity contribution in [1.29, 1.82) is 0 Å². The number of benzene rings is 1. The van der Waals surface area contributed by atoms with Crippen LogP contribution >= 0.6 is 11.6 Å². The highest BCUT2D eigenvalue weighted by molar-refractivity contribution is 6.37. The Morgan fingerprint density at radius 2 is 1.98 bits per heavy atom. The van der Waals surface area contributed by atoms with Crippen LogP contribution in [0, 0.1) is 5.92 Å². The summed E-state index contributed by atoms with van der Waals surface area (Å²) in [5, 5.41) is 8.30. The zero-order chi connectivity index (χ0) is 29.4. The fourth-order valence-electron chi connectivity index (χ4n) is 5.62. The molecule has 1 amide bonds. The van der Waals surface area contributed by atoms with E-state index in [0.29, 0.717) is 41.3 Å². The number of alkyl halides is 3. The normalized spacial score (nSPS) is 17.4. The molecule has 42 heavy (non-hydrogen) atoms. The van der Waals surface area contributed by atoms with Gasteiger partial charge in [-0.05, 0) is 49.4 Å². The van der Waals surface area contributed by atoms with Gasteiger partial charge in [-0.15, -0.1) is 0 Å². The first kappa shape index (κ1) is 28.5. The molecule has 2 N–H and O–H groups in total. The Balaban J connectivity index is 1.11. The van der Waals surface area contributed by atoms with Gasteiger partial charge in [0.15, 0.2) is 0 Å². The van der Waals surface area contributed by atoms with Crippen molar-refractivity contribution < 1.29 is 18.0 Å². The Morgan fingerprint density at radius 3 is 2.69 bits per heavy atom. The summed E-state index contributed by atoms with van der Waals surface area (Å²) in [5.74, 6) is 0.922. The molecule has 2 fully saturated rings. The number of nitrogens with zero attached hydrogens (tertiary/aromatic N) is 6. The first-order valence-electron chi connectivity index (χ1n) is 14.2. The van der Waals surface area contributed by atoms with Gasteiger partial charge in [-0.3, -0.25) is 14.4 Å². The molecule has 4 aromatic rings. The van der Waals surface area contributed by atoms with Crippen LogP contribution in [0.5, 0.6) is 0 Å². The number of pyridine rings is 1. The van der Waals surface area contributed by atoms with Crippen molar-refractivity contribution in [2.45, 2.75) is 51.4 Å². The molecule has 6 rings (SSSR count). The molecule has 13 heteroatoms. The summed E-state index contributed by atoms with van der Waals surface area (Å²) in [6.07, 6.45) is 3.49. The molecule has 1 saturated carbocycles. The van der Waals surface area contributed by atoms with Crippen LogP contribution < -0.4 is 5.32 Å². The van der Waals surface area contributed by atoms with Crippen molar-refractivity contribution in [3.8, 4) is 11.1 Å². The van der Waals surface area contributed by atoms with Crippen molar-refractivity contribution in [3.05, 3.63) is 53.4 Å². The zero-order valence-electron chi connectivity index (χ0n) is 23.2. The Morgan fingerprint density at radius 1 is 1.19 bits per heavy atom. The number of hydrogen-bond acceptors (Lipinski definition) is 6. The third kappa shape index (κ3) is 6.24. The number of carbonyl (C=O) groups excluding carboxylic acids is 1. The lowest BCUT2D eigenvalue weighted by Crippen LogP contribution is -2.50. The predicted molar refractivity (Wildman–Crippen MR) is 154 cm³/mol. The maximum Gasteiger partial charge on any atom is 0.397 e. The Labute approximate surface area is 246 Å². The van der Waals surface area contributed by atoms with Crippen molar-refractivity contribution in [1.82, 2.24) is 34.5 Å². The summed E-state index contributed by atoms with van der Waals surface area (Å²) in [5.41, 5.74) is 4.24. The molecule has 1 unspecified atom stereocenters.